The van der Waals surface area contributed by atoms with Crippen molar-refractivity contribution in [2.24, 2.45) is 5.92 Å². The first-order valence-corrected chi connectivity index (χ1v) is 8.29. The molecule has 1 aromatic heterocycles. The van der Waals surface area contributed by atoms with Crippen LogP contribution in [0.3, 0.4) is 0 Å². The zero-order chi connectivity index (χ0) is 14.9. The average molecular weight is 303 g/mol. The van der Waals surface area contributed by atoms with Crippen molar-refractivity contribution in [3.05, 3.63) is 24.1 Å². The van der Waals surface area contributed by atoms with Crippen molar-refractivity contribution in [3.63, 3.8) is 0 Å². The Labute approximate surface area is 129 Å². The molecule has 0 radical (unpaired) electrons. The summed E-state index contributed by atoms with van der Waals surface area (Å²) in [5.41, 5.74) is 0.690. The second kappa shape index (κ2) is 5.88. The molecule has 1 aliphatic heterocycles. The van der Waals surface area contributed by atoms with E-state index in [1.165, 1.54) is 57.5 Å². The molecule has 2 aliphatic rings. The van der Waals surface area contributed by atoms with Crippen LogP contribution in [0, 0.1) is 11.7 Å². The molecule has 1 N–H and O–H groups in total. The highest BCUT2D eigenvalue weighted by Crippen LogP contribution is 2.29. The highest BCUT2D eigenvalue weighted by molar-refractivity contribution is 5.80. The number of benzene rings is 1. The van der Waals surface area contributed by atoms with Gasteiger partial charge in [0, 0.05) is 18.2 Å². The third-order valence-corrected chi connectivity index (χ3v) is 5.21. The molecular formula is C17H22FN3O. The van der Waals surface area contributed by atoms with Gasteiger partial charge in [-0.15, -0.1) is 0 Å². The number of likely N-dealkylation sites (tertiary alicyclic amines) is 1. The minimum atomic E-state index is -0.277. The summed E-state index contributed by atoms with van der Waals surface area (Å²) < 4.78 is 19.7. The maximum absolute atomic E-state index is 13.9. The number of fused-ring (bicyclic) bond motifs is 1. The molecule has 22 heavy (non-hydrogen) atoms. The standard InChI is InChI=1S/C17H22FN3O/c18-16-8-14(9-17-15(16)10-19-20-17)22-11-12-4-6-21(7-5-12)13-2-1-3-13/h8-10,12-13H,1-7,11H2,(H,19,20). The van der Waals surface area contributed by atoms with Gasteiger partial charge in [-0.05, 0) is 44.7 Å². The predicted molar refractivity (Wildman–Crippen MR) is 83.5 cm³/mol. The van der Waals surface area contributed by atoms with Crippen molar-refractivity contribution in [1.29, 1.82) is 0 Å². The molecule has 0 amide bonds. The fourth-order valence-corrected chi connectivity index (χ4v) is 3.52. The first-order chi connectivity index (χ1) is 10.8. The van der Waals surface area contributed by atoms with E-state index in [4.69, 9.17) is 4.74 Å². The molecular weight excluding hydrogens is 281 g/mol. The molecule has 4 rings (SSSR count). The Kier molecular flexibility index (Phi) is 3.74. The van der Waals surface area contributed by atoms with Gasteiger partial charge >= 0.3 is 0 Å². The number of aromatic amines is 1. The Bertz CT molecular complexity index is 644. The van der Waals surface area contributed by atoms with Crippen LogP contribution in [0.5, 0.6) is 5.75 Å². The molecule has 1 saturated heterocycles. The molecule has 2 fully saturated rings. The van der Waals surface area contributed by atoms with Gasteiger partial charge < -0.3 is 9.64 Å². The Balaban J connectivity index is 1.32. The summed E-state index contributed by atoms with van der Waals surface area (Å²) in [5, 5.41) is 7.17. The number of halogens is 1. The third kappa shape index (κ3) is 2.70. The van der Waals surface area contributed by atoms with Crippen LogP contribution in [-0.2, 0) is 0 Å². The normalized spacial score (nSPS) is 21.1. The second-order valence-corrected chi connectivity index (χ2v) is 6.61. The SMILES string of the molecule is Fc1cc(OCC2CCN(C3CCC3)CC2)cc2[nH]ncc12. The minimum absolute atomic E-state index is 0.277. The van der Waals surface area contributed by atoms with Crippen LogP contribution in [0.1, 0.15) is 32.1 Å². The molecule has 5 heteroatoms. The lowest BCUT2D eigenvalue weighted by Crippen LogP contribution is -2.45. The summed E-state index contributed by atoms with van der Waals surface area (Å²) in [7, 11) is 0. The van der Waals surface area contributed by atoms with Crippen molar-refractivity contribution in [2.45, 2.75) is 38.1 Å². The third-order valence-electron chi connectivity index (χ3n) is 5.21. The van der Waals surface area contributed by atoms with Crippen LogP contribution < -0.4 is 4.74 Å². The first-order valence-electron chi connectivity index (χ1n) is 8.29. The number of hydrogen-bond donors (Lipinski definition) is 1. The van der Waals surface area contributed by atoms with Crippen LogP contribution in [0.25, 0.3) is 10.9 Å². The Morgan fingerprint density at radius 2 is 2.05 bits per heavy atom. The number of ether oxygens (including phenoxy) is 1. The largest absolute Gasteiger partial charge is 0.493 e. The molecule has 1 aliphatic carbocycles. The van der Waals surface area contributed by atoms with Crippen LogP contribution >= 0.6 is 0 Å². The van der Waals surface area contributed by atoms with Crippen molar-refractivity contribution >= 4 is 10.9 Å². The van der Waals surface area contributed by atoms with Gasteiger partial charge in [-0.2, -0.15) is 5.10 Å². The van der Waals surface area contributed by atoms with Gasteiger partial charge in [0.2, 0.25) is 0 Å². The smallest absolute Gasteiger partial charge is 0.137 e. The summed E-state index contributed by atoms with van der Waals surface area (Å²) >= 11 is 0. The molecule has 4 nitrogen and oxygen atoms in total. The minimum Gasteiger partial charge on any atom is -0.493 e. The van der Waals surface area contributed by atoms with Crippen molar-refractivity contribution in [1.82, 2.24) is 15.1 Å². The van der Waals surface area contributed by atoms with E-state index in [1.807, 2.05) is 6.07 Å². The highest BCUT2D eigenvalue weighted by Gasteiger charge is 2.28. The van der Waals surface area contributed by atoms with Crippen molar-refractivity contribution in [2.75, 3.05) is 19.7 Å². The molecule has 2 aromatic rings. The highest BCUT2D eigenvalue weighted by atomic mass is 19.1. The summed E-state index contributed by atoms with van der Waals surface area (Å²) in [6, 6.07) is 4.13. The number of H-pyrrole nitrogens is 1. The van der Waals surface area contributed by atoms with Crippen molar-refractivity contribution < 1.29 is 9.13 Å². The molecule has 0 spiro atoms. The number of rotatable bonds is 4. The van der Waals surface area contributed by atoms with Gasteiger partial charge in [0.1, 0.15) is 11.6 Å². The van der Waals surface area contributed by atoms with Crippen LogP contribution in [0.4, 0.5) is 4.39 Å². The van der Waals surface area contributed by atoms with Gasteiger partial charge in [0.25, 0.3) is 0 Å². The Morgan fingerprint density at radius 3 is 2.77 bits per heavy atom. The van der Waals surface area contributed by atoms with Gasteiger partial charge in [0.15, 0.2) is 0 Å². The fraction of sp³-hybridized carbons (Fsp3) is 0.588. The summed E-state index contributed by atoms with van der Waals surface area (Å²) in [5.74, 6) is 0.897. The van der Waals surface area contributed by atoms with E-state index in [1.54, 1.807) is 0 Å². The van der Waals surface area contributed by atoms with Gasteiger partial charge in [-0.1, -0.05) is 6.42 Å². The van der Waals surface area contributed by atoms with E-state index >= 15 is 0 Å². The van der Waals surface area contributed by atoms with Gasteiger partial charge in [0.05, 0.1) is 23.7 Å². The molecule has 118 valence electrons. The zero-order valence-corrected chi connectivity index (χ0v) is 12.7. The molecule has 0 atom stereocenters. The monoisotopic (exact) mass is 303 g/mol. The van der Waals surface area contributed by atoms with E-state index in [0.717, 1.165) is 6.04 Å². The number of nitrogens with zero attached hydrogens (tertiary/aromatic N) is 2. The lowest BCUT2D eigenvalue weighted by Gasteiger charge is -2.41. The topological polar surface area (TPSA) is 41.1 Å². The Morgan fingerprint density at radius 1 is 1.23 bits per heavy atom. The number of piperidine rings is 1. The maximum atomic E-state index is 13.9. The van der Waals surface area contributed by atoms with E-state index in [2.05, 4.69) is 15.1 Å². The zero-order valence-electron chi connectivity index (χ0n) is 12.7. The van der Waals surface area contributed by atoms with Gasteiger partial charge in [-0.3, -0.25) is 5.10 Å². The fourth-order valence-electron chi connectivity index (χ4n) is 3.52. The first kappa shape index (κ1) is 14.0. The lowest BCUT2D eigenvalue weighted by molar-refractivity contribution is 0.0708. The average Bonchev–Trinajstić information content (AvgIpc) is 2.94. The van der Waals surface area contributed by atoms with E-state index in [0.29, 0.717) is 29.2 Å². The maximum Gasteiger partial charge on any atom is 0.137 e. The van der Waals surface area contributed by atoms with Crippen LogP contribution in [-0.4, -0.2) is 40.8 Å². The van der Waals surface area contributed by atoms with Crippen LogP contribution in [0.2, 0.25) is 0 Å². The summed E-state index contributed by atoms with van der Waals surface area (Å²) in [6.07, 6.45) is 8.03. The summed E-state index contributed by atoms with van der Waals surface area (Å²) in [4.78, 5) is 2.64. The summed E-state index contributed by atoms with van der Waals surface area (Å²) in [6.45, 7) is 3.05. The Hall–Kier alpha value is -1.62. The number of nitrogens with one attached hydrogen (secondary N) is 1. The van der Waals surface area contributed by atoms with E-state index in [-0.39, 0.29) is 5.82 Å². The van der Waals surface area contributed by atoms with Crippen LogP contribution in [0.15, 0.2) is 18.3 Å². The molecule has 0 unspecified atom stereocenters. The van der Waals surface area contributed by atoms with Crippen molar-refractivity contribution in [3.8, 4) is 5.75 Å². The quantitative estimate of drug-likeness (QED) is 0.942. The molecule has 0 bridgehead atoms. The number of aromatic nitrogens is 2. The van der Waals surface area contributed by atoms with E-state index < -0.39 is 0 Å². The molecule has 1 aromatic carbocycles. The van der Waals surface area contributed by atoms with Gasteiger partial charge in [-0.25, -0.2) is 4.39 Å². The lowest BCUT2D eigenvalue weighted by atomic mass is 9.88. The molecule has 2 heterocycles. The number of hydrogen-bond acceptors (Lipinski definition) is 3. The van der Waals surface area contributed by atoms with E-state index in [9.17, 15) is 4.39 Å². The molecule has 1 saturated carbocycles. The predicted octanol–water partition coefficient (Wildman–Crippen LogP) is 3.35. The second-order valence-electron chi connectivity index (χ2n) is 6.61.